The average molecular weight is 206 g/mol. The Hall–Kier alpha value is -1.51. The molecule has 82 valence electrons. The predicted octanol–water partition coefficient (Wildman–Crippen LogP) is 2.02. The van der Waals surface area contributed by atoms with Crippen molar-refractivity contribution in [3.8, 4) is 0 Å². The first-order chi connectivity index (χ1) is 6.91. The Bertz CT molecular complexity index is 344. The molecule has 0 radical (unpaired) electrons. The van der Waals surface area contributed by atoms with Crippen molar-refractivity contribution in [2.45, 2.75) is 6.92 Å². The lowest BCUT2D eigenvalue weighted by Gasteiger charge is -2.19. The van der Waals surface area contributed by atoms with E-state index in [1.54, 1.807) is 6.92 Å². The van der Waals surface area contributed by atoms with Gasteiger partial charge in [-0.3, -0.25) is 4.79 Å². The van der Waals surface area contributed by atoms with Crippen LogP contribution in [0.1, 0.15) is 17.3 Å². The molecule has 0 aliphatic carbocycles. The van der Waals surface area contributed by atoms with Crippen molar-refractivity contribution in [3.63, 3.8) is 0 Å². The van der Waals surface area contributed by atoms with E-state index in [1.807, 2.05) is 50.1 Å². The zero-order valence-corrected chi connectivity index (χ0v) is 10.0. The molecule has 0 N–H and O–H groups in total. The summed E-state index contributed by atoms with van der Waals surface area (Å²) in [5.41, 5.74) is 2.85. The average Bonchev–Trinajstić information content (AvgIpc) is 2.16. The molecule has 15 heavy (non-hydrogen) atoms. The summed E-state index contributed by atoms with van der Waals surface area (Å²) in [5, 5.41) is 0. The Morgan fingerprint density at radius 1 is 0.933 bits per heavy atom. The molecule has 1 aromatic rings. The molecule has 0 saturated carbocycles. The lowest BCUT2D eigenvalue weighted by molar-refractivity contribution is 0.101. The van der Waals surface area contributed by atoms with Gasteiger partial charge >= 0.3 is 0 Å². The molecule has 0 aromatic heterocycles. The maximum absolute atomic E-state index is 11.4. The maximum Gasteiger partial charge on any atom is 0.159 e. The molecule has 0 aliphatic rings. The third-order valence-corrected chi connectivity index (χ3v) is 2.34. The van der Waals surface area contributed by atoms with Crippen molar-refractivity contribution in [1.29, 1.82) is 0 Å². The van der Waals surface area contributed by atoms with Gasteiger partial charge in [-0.05, 0) is 25.1 Å². The summed E-state index contributed by atoms with van der Waals surface area (Å²) in [6.07, 6.45) is 0. The van der Waals surface area contributed by atoms with Gasteiger partial charge in [-0.25, -0.2) is 0 Å². The normalized spacial score (nSPS) is 9.93. The van der Waals surface area contributed by atoms with Crippen LogP contribution in [0.25, 0.3) is 0 Å². The Labute approximate surface area is 91.3 Å². The Kier molecular flexibility index (Phi) is 3.35. The topological polar surface area (TPSA) is 23.6 Å². The van der Waals surface area contributed by atoms with Crippen molar-refractivity contribution in [1.82, 2.24) is 0 Å². The fourth-order valence-electron chi connectivity index (χ4n) is 1.31. The quantitative estimate of drug-likeness (QED) is 0.707. The van der Waals surface area contributed by atoms with Gasteiger partial charge < -0.3 is 9.80 Å². The van der Waals surface area contributed by atoms with Crippen LogP contribution in [0.2, 0.25) is 0 Å². The van der Waals surface area contributed by atoms with Gasteiger partial charge in [0.05, 0.1) is 0 Å². The first kappa shape index (κ1) is 11.6. The van der Waals surface area contributed by atoms with Crippen LogP contribution < -0.4 is 9.80 Å². The highest BCUT2D eigenvalue weighted by atomic mass is 16.1. The molecule has 0 unspecified atom stereocenters. The Balaban J connectivity index is 3.26. The van der Waals surface area contributed by atoms with Crippen molar-refractivity contribution >= 4 is 17.2 Å². The van der Waals surface area contributed by atoms with Crippen molar-refractivity contribution in [2.75, 3.05) is 38.0 Å². The molecule has 3 nitrogen and oxygen atoms in total. The van der Waals surface area contributed by atoms with Crippen LogP contribution >= 0.6 is 0 Å². The molecule has 0 aliphatic heterocycles. The van der Waals surface area contributed by atoms with Gasteiger partial charge in [0.25, 0.3) is 0 Å². The number of carbonyl (C=O) groups is 1. The highest BCUT2D eigenvalue weighted by molar-refractivity contribution is 5.96. The minimum Gasteiger partial charge on any atom is -0.378 e. The fraction of sp³-hybridized carbons (Fsp3) is 0.417. The van der Waals surface area contributed by atoms with Gasteiger partial charge in [0, 0.05) is 45.1 Å². The standard InChI is InChI=1S/C12H18N2O/c1-9(15)10-6-11(13(2)3)8-12(7-10)14(4)5/h6-8H,1-5H3. The largest absolute Gasteiger partial charge is 0.378 e. The number of rotatable bonds is 3. The van der Waals surface area contributed by atoms with Crippen LogP contribution in [-0.2, 0) is 0 Å². The smallest absolute Gasteiger partial charge is 0.159 e. The Morgan fingerprint density at radius 3 is 1.60 bits per heavy atom. The molecule has 0 fully saturated rings. The highest BCUT2D eigenvalue weighted by Gasteiger charge is 2.06. The number of nitrogens with zero attached hydrogens (tertiary/aromatic N) is 2. The summed E-state index contributed by atoms with van der Waals surface area (Å²) in [5.74, 6) is 0.0989. The summed E-state index contributed by atoms with van der Waals surface area (Å²) < 4.78 is 0. The first-order valence-corrected chi connectivity index (χ1v) is 4.92. The van der Waals surface area contributed by atoms with E-state index in [1.165, 1.54) is 0 Å². The van der Waals surface area contributed by atoms with Crippen molar-refractivity contribution < 1.29 is 4.79 Å². The van der Waals surface area contributed by atoms with Crippen LogP contribution in [0.4, 0.5) is 11.4 Å². The third kappa shape index (κ3) is 2.72. The van der Waals surface area contributed by atoms with Gasteiger partial charge in [-0.15, -0.1) is 0 Å². The molecule has 3 heteroatoms. The lowest BCUT2D eigenvalue weighted by Crippen LogP contribution is -2.13. The van der Waals surface area contributed by atoms with E-state index in [0.29, 0.717) is 0 Å². The SMILES string of the molecule is CC(=O)c1cc(N(C)C)cc(N(C)C)c1. The molecule has 1 rings (SSSR count). The van der Waals surface area contributed by atoms with Gasteiger partial charge in [-0.1, -0.05) is 0 Å². The number of anilines is 2. The fourth-order valence-corrected chi connectivity index (χ4v) is 1.31. The second-order valence-corrected chi connectivity index (χ2v) is 4.08. The van der Waals surface area contributed by atoms with Crippen molar-refractivity contribution in [2.24, 2.45) is 0 Å². The van der Waals surface area contributed by atoms with Crippen molar-refractivity contribution in [3.05, 3.63) is 23.8 Å². The van der Waals surface area contributed by atoms with Crippen LogP contribution in [0.5, 0.6) is 0 Å². The number of benzene rings is 1. The second kappa shape index (κ2) is 4.34. The monoisotopic (exact) mass is 206 g/mol. The lowest BCUT2D eigenvalue weighted by atomic mass is 10.1. The van der Waals surface area contributed by atoms with E-state index in [2.05, 4.69) is 6.07 Å². The van der Waals surface area contributed by atoms with E-state index in [9.17, 15) is 4.79 Å². The predicted molar refractivity (Wildman–Crippen MR) is 65.1 cm³/mol. The van der Waals surface area contributed by atoms with Gasteiger partial charge in [0.15, 0.2) is 5.78 Å². The number of carbonyl (C=O) groups excluding carboxylic acids is 1. The van der Waals surface area contributed by atoms with Crippen LogP contribution in [0.3, 0.4) is 0 Å². The second-order valence-electron chi connectivity index (χ2n) is 4.08. The summed E-state index contributed by atoms with van der Waals surface area (Å²) >= 11 is 0. The summed E-state index contributed by atoms with van der Waals surface area (Å²) in [7, 11) is 7.88. The molecular weight excluding hydrogens is 188 g/mol. The first-order valence-electron chi connectivity index (χ1n) is 4.92. The van der Waals surface area contributed by atoms with Gasteiger partial charge in [0.1, 0.15) is 0 Å². The molecule has 0 heterocycles. The van der Waals surface area contributed by atoms with Gasteiger partial charge in [-0.2, -0.15) is 0 Å². The molecule has 0 saturated heterocycles. The summed E-state index contributed by atoms with van der Waals surface area (Å²) in [4.78, 5) is 15.4. The van der Waals surface area contributed by atoms with Crippen LogP contribution in [0.15, 0.2) is 18.2 Å². The minimum absolute atomic E-state index is 0.0989. The van der Waals surface area contributed by atoms with Crippen LogP contribution in [-0.4, -0.2) is 34.0 Å². The van der Waals surface area contributed by atoms with E-state index in [0.717, 1.165) is 16.9 Å². The third-order valence-electron chi connectivity index (χ3n) is 2.34. The van der Waals surface area contributed by atoms with E-state index in [-0.39, 0.29) is 5.78 Å². The van der Waals surface area contributed by atoms with Gasteiger partial charge in [0.2, 0.25) is 0 Å². The zero-order valence-electron chi connectivity index (χ0n) is 10.0. The van der Waals surface area contributed by atoms with E-state index in [4.69, 9.17) is 0 Å². The molecular formula is C12H18N2O. The number of hydrogen-bond acceptors (Lipinski definition) is 3. The molecule has 0 amide bonds. The number of hydrogen-bond donors (Lipinski definition) is 0. The van der Waals surface area contributed by atoms with E-state index < -0.39 is 0 Å². The number of Topliss-reactive ketones (excluding diaryl/α,β-unsaturated/α-hetero) is 1. The summed E-state index contributed by atoms with van der Waals surface area (Å²) in [6.45, 7) is 1.59. The Morgan fingerprint density at radius 2 is 1.33 bits per heavy atom. The van der Waals surface area contributed by atoms with Crippen LogP contribution in [0, 0.1) is 0 Å². The van der Waals surface area contributed by atoms with E-state index >= 15 is 0 Å². The molecule has 0 atom stereocenters. The highest BCUT2D eigenvalue weighted by Crippen LogP contribution is 2.23. The molecule has 0 bridgehead atoms. The summed E-state index contributed by atoms with van der Waals surface area (Å²) in [6, 6.07) is 5.89. The minimum atomic E-state index is 0.0989. The number of ketones is 1. The molecule has 1 aromatic carbocycles. The molecule has 0 spiro atoms. The zero-order chi connectivity index (χ0) is 11.6. The maximum atomic E-state index is 11.4.